The van der Waals surface area contributed by atoms with Crippen LogP contribution in [0.25, 0.3) is 0 Å². The van der Waals surface area contributed by atoms with E-state index in [0.717, 1.165) is 29.7 Å². The topological polar surface area (TPSA) is 30.5 Å². The van der Waals surface area contributed by atoms with Crippen molar-refractivity contribution >= 4 is 0 Å². The Morgan fingerprint density at radius 1 is 1.30 bits per heavy atom. The van der Waals surface area contributed by atoms with Gasteiger partial charge in [-0.2, -0.15) is 0 Å². The van der Waals surface area contributed by atoms with E-state index in [9.17, 15) is 4.39 Å². The zero-order valence-corrected chi connectivity index (χ0v) is 12.5. The van der Waals surface area contributed by atoms with Gasteiger partial charge >= 0.3 is 0 Å². The molecule has 0 bridgehead atoms. The Morgan fingerprint density at radius 3 is 2.60 bits per heavy atom. The van der Waals surface area contributed by atoms with Crippen LogP contribution in [0.15, 0.2) is 12.1 Å². The van der Waals surface area contributed by atoms with Crippen LogP contribution in [0.1, 0.15) is 42.5 Å². The Bertz CT molecular complexity index is 421. The molecule has 1 fully saturated rings. The highest BCUT2D eigenvalue weighted by atomic mass is 19.1. The van der Waals surface area contributed by atoms with Gasteiger partial charge in [0.15, 0.2) is 6.29 Å². The van der Waals surface area contributed by atoms with Crippen LogP contribution in [-0.4, -0.2) is 26.0 Å². The predicted octanol–water partition coefficient (Wildman–Crippen LogP) is 3.25. The lowest BCUT2D eigenvalue weighted by Gasteiger charge is -2.24. The summed E-state index contributed by atoms with van der Waals surface area (Å²) in [5.41, 5.74) is 2.67. The first-order chi connectivity index (χ1) is 9.61. The highest BCUT2D eigenvalue weighted by molar-refractivity contribution is 5.34. The Labute approximate surface area is 120 Å². The number of benzene rings is 1. The maximum Gasteiger partial charge on any atom is 0.159 e. The number of ether oxygens (including phenoxy) is 2. The molecular weight excluding hydrogens is 257 g/mol. The summed E-state index contributed by atoms with van der Waals surface area (Å²) >= 11 is 0. The lowest BCUT2D eigenvalue weighted by atomic mass is 9.96. The summed E-state index contributed by atoms with van der Waals surface area (Å²) in [6.45, 7) is 8.08. The van der Waals surface area contributed by atoms with Gasteiger partial charge in [0.1, 0.15) is 5.82 Å². The average molecular weight is 281 g/mol. The van der Waals surface area contributed by atoms with Crippen LogP contribution < -0.4 is 5.32 Å². The molecule has 1 aromatic carbocycles. The number of aryl methyl sites for hydroxylation is 2. The summed E-state index contributed by atoms with van der Waals surface area (Å²) in [5.74, 6) is -0.144. The molecule has 1 saturated heterocycles. The summed E-state index contributed by atoms with van der Waals surface area (Å²) < 4.78 is 25.3. The SMILES string of the molecule is CCCNC(CC1OCCO1)c1c(C)cc(C)cc1F. The normalized spacial score (nSPS) is 17.6. The van der Waals surface area contributed by atoms with Crippen molar-refractivity contribution in [3.8, 4) is 0 Å². The van der Waals surface area contributed by atoms with Gasteiger partial charge in [-0.15, -0.1) is 0 Å². The second kappa shape index (κ2) is 7.16. The molecule has 1 aromatic rings. The maximum absolute atomic E-state index is 14.3. The average Bonchev–Trinajstić information content (AvgIpc) is 2.87. The van der Waals surface area contributed by atoms with Crippen LogP contribution in [-0.2, 0) is 9.47 Å². The van der Waals surface area contributed by atoms with E-state index in [2.05, 4.69) is 12.2 Å². The molecular formula is C16H24FNO2. The van der Waals surface area contributed by atoms with E-state index < -0.39 is 0 Å². The Balaban J connectivity index is 2.20. The van der Waals surface area contributed by atoms with Crippen molar-refractivity contribution in [3.05, 3.63) is 34.6 Å². The van der Waals surface area contributed by atoms with Crippen molar-refractivity contribution in [1.82, 2.24) is 5.32 Å². The van der Waals surface area contributed by atoms with Crippen molar-refractivity contribution in [2.75, 3.05) is 19.8 Å². The monoisotopic (exact) mass is 281 g/mol. The first-order valence-corrected chi connectivity index (χ1v) is 7.35. The van der Waals surface area contributed by atoms with E-state index in [1.54, 1.807) is 6.07 Å². The van der Waals surface area contributed by atoms with Crippen molar-refractivity contribution in [3.63, 3.8) is 0 Å². The molecule has 0 spiro atoms. The number of halogens is 1. The van der Waals surface area contributed by atoms with Gasteiger partial charge in [0.25, 0.3) is 0 Å². The van der Waals surface area contributed by atoms with E-state index >= 15 is 0 Å². The third-order valence-electron chi connectivity index (χ3n) is 3.59. The Hall–Kier alpha value is -0.970. The summed E-state index contributed by atoms with van der Waals surface area (Å²) in [5, 5.41) is 3.41. The van der Waals surface area contributed by atoms with Crippen LogP contribution in [0.5, 0.6) is 0 Å². The second-order valence-corrected chi connectivity index (χ2v) is 5.39. The summed E-state index contributed by atoms with van der Waals surface area (Å²) in [6, 6.07) is 3.55. The van der Waals surface area contributed by atoms with Gasteiger partial charge in [0.05, 0.1) is 13.2 Å². The lowest BCUT2D eigenvalue weighted by molar-refractivity contribution is -0.0532. The van der Waals surface area contributed by atoms with Crippen LogP contribution in [0.4, 0.5) is 4.39 Å². The molecule has 1 N–H and O–H groups in total. The molecule has 1 heterocycles. The van der Waals surface area contributed by atoms with E-state index in [1.165, 1.54) is 0 Å². The molecule has 1 aliphatic heterocycles. The number of rotatable bonds is 6. The molecule has 0 saturated carbocycles. The molecule has 2 rings (SSSR count). The fourth-order valence-corrected chi connectivity index (χ4v) is 2.73. The summed E-state index contributed by atoms with van der Waals surface area (Å²) in [7, 11) is 0. The Kier molecular flexibility index (Phi) is 5.52. The van der Waals surface area contributed by atoms with Crippen LogP contribution in [0.3, 0.4) is 0 Å². The molecule has 112 valence electrons. The molecule has 1 atom stereocenters. The molecule has 4 heteroatoms. The molecule has 1 unspecified atom stereocenters. The van der Waals surface area contributed by atoms with Crippen LogP contribution in [0, 0.1) is 19.7 Å². The minimum atomic E-state index is -0.232. The molecule has 1 aliphatic rings. The van der Waals surface area contributed by atoms with Gasteiger partial charge in [0.2, 0.25) is 0 Å². The molecule has 0 amide bonds. The van der Waals surface area contributed by atoms with E-state index in [0.29, 0.717) is 19.6 Å². The van der Waals surface area contributed by atoms with E-state index in [1.807, 2.05) is 19.9 Å². The molecule has 20 heavy (non-hydrogen) atoms. The zero-order chi connectivity index (χ0) is 14.5. The largest absolute Gasteiger partial charge is 0.350 e. The number of nitrogens with one attached hydrogen (secondary N) is 1. The standard InChI is InChI=1S/C16H24FNO2/c1-4-5-18-14(10-15-19-6-7-20-15)16-12(3)8-11(2)9-13(16)17/h8-9,14-15,18H,4-7,10H2,1-3H3. The summed E-state index contributed by atoms with van der Waals surface area (Å²) in [6.07, 6.45) is 1.42. The first-order valence-electron chi connectivity index (χ1n) is 7.35. The molecule has 0 radical (unpaired) electrons. The fourth-order valence-electron chi connectivity index (χ4n) is 2.73. The minimum Gasteiger partial charge on any atom is -0.350 e. The quantitative estimate of drug-likeness (QED) is 0.868. The van der Waals surface area contributed by atoms with Crippen molar-refractivity contribution in [2.24, 2.45) is 0 Å². The summed E-state index contributed by atoms with van der Waals surface area (Å²) in [4.78, 5) is 0. The third kappa shape index (κ3) is 3.78. The highest BCUT2D eigenvalue weighted by Gasteiger charge is 2.25. The second-order valence-electron chi connectivity index (χ2n) is 5.39. The van der Waals surface area contributed by atoms with Gasteiger partial charge in [-0.25, -0.2) is 4.39 Å². The first kappa shape index (κ1) is 15.4. The molecule has 0 aliphatic carbocycles. The Morgan fingerprint density at radius 2 is 2.00 bits per heavy atom. The molecule has 0 aromatic heterocycles. The molecule has 3 nitrogen and oxygen atoms in total. The minimum absolute atomic E-state index is 0.0707. The highest BCUT2D eigenvalue weighted by Crippen LogP contribution is 2.28. The lowest BCUT2D eigenvalue weighted by Crippen LogP contribution is -2.28. The smallest absolute Gasteiger partial charge is 0.159 e. The van der Waals surface area contributed by atoms with Crippen molar-refractivity contribution in [2.45, 2.75) is 45.9 Å². The predicted molar refractivity (Wildman–Crippen MR) is 77.2 cm³/mol. The third-order valence-corrected chi connectivity index (χ3v) is 3.59. The zero-order valence-electron chi connectivity index (χ0n) is 12.5. The van der Waals surface area contributed by atoms with Crippen LogP contribution in [0.2, 0.25) is 0 Å². The van der Waals surface area contributed by atoms with Crippen molar-refractivity contribution in [1.29, 1.82) is 0 Å². The van der Waals surface area contributed by atoms with E-state index in [-0.39, 0.29) is 18.1 Å². The maximum atomic E-state index is 14.3. The fraction of sp³-hybridized carbons (Fsp3) is 0.625. The number of hydrogen-bond acceptors (Lipinski definition) is 3. The van der Waals surface area contributed by atoms with Gasteiger partial charge in [-0.3, -0.25) is 0 Å². The number of hydrogen-bond donors (Lipinski definition) is 1. The van der Waals surface area contributed by atoms with E-state index in [4.69, 9.17) is 9.47 Å². The van der Waals surface area contributed by atoms with Gasteiger partial charge in [-0.05, 0) is 44.0 Å². The van der Waals surface area contributed by atoms with Gasteiger partial charge in [-0.1, -0.05) is 13.0 Å². The van der Waals surface area contributed by atoms with Gasteiger partial charge < -0.3 is 14.8 Å². The van der Waals surface area contributed by atoms with Crippen molar-refractivity contribution < 1.29 is 13.9 Å². The van der Waals surface area contributed by atoms with Crippen LogP contribution >= 0.6 is 0 Å². The van der Waals surface area contributed by atoms with Gasteiger partial charge in [0, 0.05) is 18.0 Å².